The maximum Gasteiger partial charge on any atom is 0.240 e. The molecule has 0 amide bonds. The highest BCUT2D eigenvalue weighted by Gasteiger charge is 2.16. The molecule has 0 fully saturated rings. The lowest BCUT2D eigenvalue weighted by atomic mass is 10.2. The molecule has 0 bridgehead atoms. The minimum Gasteiger partial charge on any atom is -0.385 e. The molecule has 7 heteroatoms. The van der Waals surface area contributed by atoms with Gasteiger partial charge in [-0.2, -0.15) is 0 Å². The summed E-state index contributed by atoms with van der Waals surface area (Å²) >= 11 is 0. The van der Waals surface area contributed by atoms with Crippen LogP contribution in [0.3, 0.4) is 0 Å². The van der Waals surface area contributed by atoms with Gasteiger partial charge in [0.15, 0.2) is 0 Å². The molecule has 114 valence electrons. The minimum atomic E-state index is -3.55. The van der Waals surface area contributed by atoms with Crippen molar-refractivity contribution in [2.75, 3.05) is 11.9 Å². The van der Waals surface area contributed by atoms with Crippen LogP contribution in [0, 0.1) is 13.8 Å². The van der Waals surface area contributed by atoms with Gasteiger partial charge in [-0.3, -0.25) is 0 Å². The molecule has 0 aliphatic carbocycles. The maximum atomic E-state index is 12.2. The summed E-state index contributed by atoms with van der Waals surface area (Å²) in [7, 11) is -3.55. The highest BCUT2D eigenvalue weighted by molar-refractivity contribution is 7.89. The van der Waals surface area contributed by atoms with Crippen LogP contribution in [0.25, 0.3) is 0 Å². The van der Waals surface area contributed by atoms with E-state index in [1.807, 2.05) is 6.92 Å². The zero-order valence-corrected chi connectivity index (χ0v) is 13.1. The molecular weight excluding hydrogens is 290 g/mol. The van der Waals surface area contributed by atoms with Crippen molar-refractivity contribution in [2.24, 2.45) is 0 Å². The van der Waals surface area contributed by atoms with E-state index < -0.39 is 10.0 Å². The topological polar surface area (TPSA) is 84.2 Å². The normalized spacial score (nSPS) is 11.6. The van der Waals surface area contributed by atoms with Crippen molar-refractivity contribution in [1.82, 2.24) is 9.88 Å². The summed E-state index contributed by atoms with van der Waals surface area (Å²) in [5, 5.41) is 6.92. The van der Waals surface area contributed by atoms with E-state index in [1.165, 1.54) is 0 Å². The van der Waals surface area contributed by atoms with Crippen molar-refractivity contribution in [2.45, 2.75) is 32.2 Å². The number of hydrogen-bond acceptors (Lipinski definition) is 5. The SMILES string of the molecule is CCNc1ccc(S(=O)(=O)NCc2c(C)noc2C)cc1. The Labute approximate surface area is 124 Å². The maximum absolute atomic E-state index is 12.2. The average molecular weight is 309 g/mol. The second-order valence-corrected chi connectivity index (χ2v) is 6.45. The van der Waals surface area contributed by atoms with Crippen LogP contribution in [-0.4, -0.2) is 20.1 Å². The van der Waals surface area contributed by atoms with E-state index in [9.17, 15) is 8.42 Å². The van der Waals surface area contributed by atoms with Crippen LogP contribution in [-0.2, 0) is 16.6 Å². The number of anilines is 1. The lowest BCUT2D eigenvalue weighted by Gasteiger charge is -2.08. The van der Waals surface area contributed by atoms with Crippen LogP contribution in [0.2, 0.25) is 0 Å². The number of nitrogens with zero attached hydrogens (tertiary/aromatic N) is 1. The van der Waals surface area contributed by atoms with Crippen LogP contribution in [0.1, 0.15) is 23.9 Å². The van der Waals surface area contributed by atoms with Gasteiger partial charge in [-0.25, -0.2) is 13.1 Å². The van der Waals surface area contributed by atoms with Gasteiger partial charge in [0, 0.05) is 24.3 Å². The monoisotopic (exact) mass is 309 g/mol. The van der Waals surface area contributed by atoms with Crippen molar-refractivity contribution >= 4 is 15.7 Å². The van der Waals surface area contributed by atoms with Crippen LogP contribution < -0.4 is 10.0 Å². The van der Waals surface area contributed by atoms with Gasteiger partial charge >= 0.3 is 0 Å². The minimum absolute atomic E-state index is 0.165. The second-order valence-electron chi connectivity index (χ2n) is 4.68. The number of nitrogens with one attached hydrogen (secondary N) is 2. The Morgan fingerprint density at radius 2 is 1.86 bits per heavy atom. The van der Waals surface area contributed by atoms with Crippen molar-refractivity contribution in [3.63, 3.8) is 0 Å². The highest BCUT2D eigenvalue weighted by Crippen LogP contribution is 2.16. The second kappa shape index (κ2) is 6.28. The third-order valence-electron chi connectivity index (χ3n) is 3.17. The Bertz CT molecular complexity index is 686. The zero-order chi connectivity index (χ0) is 15.5. The predicted octanol–water partition coefficient (Wildman–Crippen LogP) is 2.20. The van der Waals surface area contributed by atoms with Crippen molar-refractivity contribution in [3.05, 3.63) is 41.3 Å². The lowest BCUT2D eigenvalue weighted by molar-refractivity contribution is 0.392. The number of aryl methyl sites for hydroxylation is 2. The first kappa shape index (κ1) is 15.5. The van der Waals surface area contributed by atoms with Crippen molar-refractivity contribution in [1.29, 1.82) is 0 Å². The molecule has 0 atom stereocenters. The molecule has 2 N–H and O–H groups in total. The molecule has 0 saturated heterocycles. The van der Waals surface area contributed by atoms with E-state index in [-0.39, 0.29) is 11.4 Å². The fourth-order valence-electron chi connectivity index (χ4n) is 1.96. The van der Waals surface area contributed by atoms with E-state index in [0.29, 0.717) is 11.5 Å². The Hall–Kier alpha value is -1.86. The van der Waals surface area contributed by atoms with E-state index >= 15 is 0 Å². The number of benzene rings is 1. The number of rotatable bonds is 6. The molecule has 0 aliphatic heterocycles. The van der Waals surface area contributed by atoms with Crippen LogP contribution in [0.15, 0.2) is 33.7 Å². The van der Waals surface area contributed by atoms with Crippen LogP contribution >= 0.6 is 0 Å². The molecule has 1 aromatic carbocycles. The molecule has 0 radical (unpaired) electrons. The highest BCUT2D eigenvalue weighted by atomic mass is 32.2. The van der Waals surface area contributed by atoms with Crippen LogP contribution in [0.4, 0.5) is 5.69 Å². The molecule has 0 spiro atoms. The fourth-order valence-corrected chi connectivity index (χ4v) is 2.96. The summed E-state index contributed by atoms with van der Waals surface area (Å²) in [6.45, 7) is 6.48. The first-order valence-corrected chi connectivity index (χ1v) is 8.17. The molecule has 21 heavy (non-hydrogen) atoms. The number of sulfonamides is 1. The van der Waals surface area contributed by atoms with Gasteiger partial charge in [0.25, 0.3) is 0 Å². The Kier molecular flexibility index (Phi) is 4.64. The summed E-state index contributed by atoms with van der Waals surface area (Å²) in [5.74, 6) is 0.623. The van der Waals surface area contributed by atoms with Gasteiger partial charge in [-0.05, 0) is 45.0 Å². The van der Waals surface area contributed by atoms with Crippen molar-refractivity contribution < 1.29 is 12.9 Å². The van der Waals surface area contributed by atoms with E-state index in [4.69, 9.17) is 4.52 Å². The first-order valence-electron chi connectivity index (χ1n) is 6.69. The van der Waals surface area contributed by atoms with Gasteiger partial charge in [0.1, 0.15) is 5.76 Å². The molecule has 0 aliphatic rings. The van der Waals surface area contributed by atoms with Crippen LogP contribution in [0.5, 0.6) is 0 Å². The third kappa shape index (κ3) is 3.62. The van der Waals surface area contributed by atoms with E-state index in [1.54, 1.807) is 38.1 Å². The summed E-state index contributed by atoms with van der Waals surface area (Å²) in [5.41, 5.74) is 2.35. The molecule has 1 aromatic heterocycles. The standard InChI is InChI=1S/C14H19N3O3S/c1-4-15-12-5-7-13(8-6-12)21(18,19)16-9-14-10(2)17-20-11(14)3/h5-8,15-16H,4,9H2,1-3H3. The summed E-state index contributed by atoms with van der Waals surface area (Å²) in [6.07, 6.45) is 0. The fraction of sp³-hybridized carbons (Fsp3) is 0.357. The third-order valence-corrected chi connectivity index (χ3v) is 4.58. The Morgan fingerprint density at radius 1 is 1.19 bits per heavy atom. The van der Waals surface area contributed by atoms with Gasteiger partial charge in [-0.15, -0.1) is 0 Å². The lowest BCUT2D eigenvalue weighted by Crippen LogP contribution is -2.23. The first-order chi connectivity index (χ1) is 9.94. The van der Waals surface area contributed by atoms with Gasteiger partial charge in [0.2, 0.25) is 10.0 Å². The zero-order valence-electron chi connectivity index (χ0n) is 12.3. The quantitative estimate of drug-likeness (QED) is 0.854. The molecule has 0 unspecified atom stereocenters. The molecular formula is C14H19N3O3S. The van der Waals surface area contributed by atoms with E-state index in [2.05, 4.69) is 15.2 Å². The largest absolute Gasteiger partial charge is 0.385 e. The van der Waals surface area contributed by atoms with Crippen molar-refractivity contribution in [3.8, 4) is 0 Å². The average Bonchev–Trinajstić information content (AvgIpc) is 2.77. The predicted molar refractivity (Wildman–Crippen MR) is 80.6 cm³/mol. The van der Waals surface area contributed by atoms with E-state index in [0.717, 1.165) is 17.8 Å². The number of aromatic nitrogens is 1. The Balaban J connectivity index is 2.11. The Morgan fingerprint density at radius 3 is 2.38 bits per heavy atom. The summed E-state index contributed by atoms with van der Waals surface area (Å²) < 4.78 is 32.1. The molecule has 2 aromatic rings. The van der Waals surface area contributed by atoms with Gasteiger partial charge in [-0.1, -0.05) is 5.16 Å². The number of hydrogen-bond donors (Lipinski definition) is 2. The molecule has 0 saturated carbocycles. The summed E-state index contributed by atoms with van der Waals surface area (Å²) in [6, 6.07) is 6.64. The smallest absolute Gasteiger partial charge is 0.240 e. The summed E-state index contributed by atoms with van der Waals surface area (Å²) in [4.78, 5) is 0.232. The van der Waals surface area contributed by atoms with Gasteiger partial charge in [0.05, 0.1) is 10.6 Å². The van der Waals surface area contributed by atoms with Gasteiger partial charge < -0.3 is 9.84 Å². The molecule has 6 nitrogen and oxygen atoms in total. The molecule has 2 rings (SSSR count). The molecule has 1 heterocycles.